The highest BCUT2D eigenvalue weighted by Gasteiger charge is 2.53. The smallest absolute Gasteiger partial charge is 0.242 e. The van der Waals surface area contributed by atoms with E-state index in [2.05, 4.69) is 15.5 Å². The molecule has 2 bridgehead atoms. The second-order valence-corrected chi connectivity index (χ2v) is 11.6. The quantitative estimate of drug-likeness (QED) is 0.581. The molecule has 0 aromatic heterocycles. The van der Waals surface area contributed by atoms with E-state index in [1.165, 1.54) is 19.3 Å². The van der Waals surface area contributed by atoms with Gasteiger partial charge in [-0.15, -0.1) is 0 Å². The third-order valence-electron chi connectivity index (χ3n) is 8.53. The number of carbonyl (C=O) groups excluding carboxylic acids is 2. The summed E-state index contributed by atoms with van der Waals surface area (Å²) in [5, 5.41) is 7.61. The van der Waals surface area contributed by atoms with Crippen molar-refractivity contribution in [3.8, 4) is 0 Å². The minimum Gasteiger partial charge on any atom is -0.350 e. The Kier molecular flexibility index (Phi) is 6.93. The second-order valence-electron chi connectivity index (χ2n) is 10.7. The SMILES string of the molecule is O=C(N[C@@H]1CN2CCC1CC2)[C@H](CC1CCCCC1)NC(=O)C1(c2ccc(Cl)cc2Cl)CC1. The van der Waals surface area contributed by atoms with Gasteiger partial charge in [-0.1, -0.05) is 61.4 Å². The topological polar surface area (TPSA) is 61.4 Å². The van der Waals surface area contributed by atoms with Crippen LogP contribution in [-0.4, -0.2) is 48.4 Å². The maximum Gasteiger partial charge on any atom is 0.242 e. The van der Waals surface area contributed by atoms with Crippen molar-refractivity contribution in [3.05, 3.63) is 33.8 Å². The van der Waals surface area contributed by atoms with E-state index in [0.717, 1.165) is 70.1 Å². The van der Waals surface area contributed by atoms with E-state index < -0.39 is 11.5 Å². The van der Waals surface area contributed by atoms with Gasteiger partial charge >= 0.3 is 0 Å². The predicted octanol–water partition coefficient (Wildman–Crippen LogP) is 4.69. The average Bonchev–Trinajstić information content (AvgIpc) is 3.62. The lowest BCUT2D eigenvalue weighted by Crippen LogP contribution is -2.60. The first-order chi connectivity index (χ1) is 15.9. The van der Waals surface area contributed by atoms with Crippen LogP contribution in [0, 0.1) is 11.8 Å². The number of hydrogen-bond donors (Lipinski definition) is 2. The number of nitrogens with zero attached hydrogens (tertiary/aromatic N) is 1. The fourth-order valence-corrected chi connectivity index (χ4v) is 6.91. The monoisotopic (exact) mass is 491 g/mol. The molecule has 7 heteroatoms. The zero-order valence-electron chi connectivity index (χ0n) is 19.3. The standard InChI is InChI=1S/C26H35Cl2N3O2/c27-19-6-7-20(21(28)15-19)26(10-11-26)25(33)30-22(14-17-4-2-1-3-5-17)24(32)29-23-16-31-12-8-18(23)9-13-31/h6-7,15,17-18,22-23H,1-5,8-14,16H2,(H,29,32)(H,30,33)/t22-,23+/m0/s1. The number of amides is 2. The average molecular weight is 492 g/mol. The Balaban J connectivity index is 1.30. The highest BCUT2D eigenvalue weighted by molar-refractivity contribution is 6.35. The van der Waals surface area contributed by atoms with Gasteiger partial charge in [0.2, 0.25) is 11.8 Å². The number of fused-ring (bicyclic) bond motifs is 3. The Hall–Kier alpha value is -1.30. The molecular weight excluding hydrogens is 457 g/mol. The van der Waals surface area contributed by atoms with Crippen molar-refractivity contribution < 1.29 is 9.59 Å². The van der Waals surface area contributed by atoms with Crippen molar-refractivity contribution in [2.45, 2.75) is 81.7 Å². The first-order valence-electron chi connectivity index (χ1n) is 12.7. The molecule has 1 aromatic carbocycles. The predicted molar refractivity (Wildman–Crippen MR) is 132 cm³/mol. The Morgan fingerprint density at radius 1 is 1.06 bits per heavy atom. The van der Waals surface area contributed by atoms with E-state index in [1.54, 1.807) is 12.1 Å². The van der Waals surface area contributed by atoms with Gasteiger partial charge in [-0.25, -0.2) is 0 Å². The maximum atomic E-state index is 13.6. The summed E-state index contributed by atoms with van der Waals surface area (Å²) in [4.78, 5) is 29.5. The van der Waals surface area contributed by atoms with Crippen molar-refractivity contribution in [3.63, 3.8) is 0 Å². The minimum atomic E-state index is -0.637. The number of benzene rings is 1. The molecule has 3 saturated heterocycles. The summed E-state index contributed by atoms with van der Waals surface area (Å²) in [6, 6.07) is 5.06. The Morgan fingerprint density at radius 2 is 1.79 bits per heavy atom. The molecule has 180 valence electrons. The Morgan fingerprint density at radius 3 is 2.39 bits per heavy atom. The molecule has 2 amide bonds. The van der Waals surface area contributed by atoms with Crippen molar-refractivity contribution in [2.24, 2.45) is 11.8 Å². The highest BCUT2D eigenvalue weighted by Crippen LogP contribution is 2.51. The van der Waals surface area contributed by atoms with Crippen LogP contribution in [0.5, 0.6) is 0 Å². The molecule has 0 unspecified atom stereocenters. The van der Waals surface area contributed by atoms with E-state index in [-0.39, 0.29) is 17.9 Å². The summed E-state index contributed by atoms with van der Waals surface area (Å²) < 4.78 is 0. The lowest BCUT2D eigenvalue weighted by molar-refractivity contribution is -0.132. The summed E-state index contributed by atoms with van der Waals surface area (Å²) >= 11 is 12.5. The molecule has 2 saturated carbocycles. The van der Waals surface area contributed by atoms with Gasteiger partial charge in [-0.3, -0.25) is 9.59 Å². The van der Waals surface area contributed by atoms with Gasteiger partial charge in [0.1, 0.15) is 6.04 Å². The lowest BCUT2D eigenvalue weighted by Gasteiger charge is -2.45. The molecule has 1 aromatic rings. The van der Waals surface area contributed by atoms with Crippen LogP contribution in [0.3, 0.4) is 0 Å². The molecule has 5 fully saturated rings. The summed E-state index contributed by atoms with van der Waals surface area (Å²) in [7, 11) is 0. The molecule has 2 aliphatic carbocycles. The molecule has 5 nitrogen and oxygen atoms in total. The fourth-order valence-electron chi connectivity index (χ4n) is 6.32. The number of hydrogen-bond acceptors (Lipinski definition) is 3. The second kappa shape index (κ2) is 9.75. The zero-order valence-corrected chi connectivity index (χ0v) is 20.8. The fraction of sp³-hybridized carbons (Fsp3) is 0.692. The third kappa shape index (κ3) is 5.06. The van der Waals surface area contributed by atoms with Gasteiger partial charge in [0.15, 0.2) is 0 Å². The van der Waals surface area contributed by atoms with Crippen LogP contribution in [0.2, 0.25) is 10.0 Å². The van der Waals surface area contributed by atoms with Crippen molar-refractivity contribution in [2.75, 3.05) is 19.6 Å². The van der Waals surface area contributed by atoms with Crippen molar-refractivity contribution in [1.82, 2.24) is 15.5 Å². The molecule has 2 atom stereocenters. The molecule has 6 rings (SSSR count). The van der Waals surface area contributed by atoms with Crippen molar-refractivity contribution in [1.29, 1.82) is 0 Å². The number of nitrogens with one attached hydrogen (secondary N) is 2. The number of rotatable bonds is 7. The third-order valence-corrected chi connectivity index (χ3v) is 9.08. The molecule has 2 N–H and O–H groups in total. The summed E-state index contributed by atoms with van der Waals surface area (Å²) in [5.74, 6) is 0.977. The molecule has 0 radical (unpaired) electrons. The van der Waals surface area contributed by atoms with Crippen LogP contribution < -0.4 is 10.6 Å². The highest BCUT2D eigenvalue weighted by atomic mass is 35.5. The van der Waals surface area contributed by atoms with E-state index in [1.807, 2.05) is 6.07 Å². The van der Waals surface area contributed by atoms with E-state index in [0.29, 0.717) is 21.9 Å². The van der Waals surface area contributed by atoms with Crippen LogP contribution in [0.25, 0.3) is 0 Å². The minimum absolute atomic E-state index is 0.00863. The van der Waals surface area contributed by atoms with Gasteiger partial charge in [0.25, 0.3) is 0 Å². The number of piperidine rings is 3. The van der Waals surface area contributed by atoms with E-state index >= 15 is 0 Å². The van der Waals surface area contributed by atoms with Crippen molar-refractivity contribution >= 4 is 35.0 Å². The normalized spacial score (nSPS) is 29.3. The molecule has 3 aliphatic heterocycles. The van der Waals surface area contributed by atoms with E-state index in [9.17, 15) is 9.59 Å². The van der Waals surface area contributed by atoms with Crippen LogP contribution >= 0.6 is 23.2 Å². The Bertz CT molecular complexity index is 890. The van der Waals surface area contributed by atoms with Crippen LogP contribution in [0.15, 0.2) is 18.2 Å². The summed E-state index contributed by atoms with van der Waals surface area (Å²) in [6.45, 7) is 3.22. The van der Waals surface area contributed by atoms with Crippen LogP contribution in [0.4, 0.5) is 0 Å². The zero-order chi connectivity index (χ0) is 23.0. The van der Waals surface area contributed by atoms with Gasteiger partial charge < -0.3 is 15.5 Å². The first-order valence-corrected chi connectivity index (χ1v) is 13.5. The largest absolute Gasteiger partial charge is 0.350 e. The van der Waals surface area contributed by atoms with Gasteiger partial charge in [0, 0.05) is 22.6 Å². The molecule has 33 heavy (non-hydrogen) atoms. The van der Waals surface area contributed by atoms with E-state index in [4.69, 9.17) is 23.2 Å². The molecule has 0 spiro atoms. The molecular formula is C26H35Cl2N3O2. The summed E-state index contributed by atoms with van der Waals surface area (Å²) in [6.07, 6.45) is 10.5. The number of carbonyl (C=O) groups is 2. The van der Waals surface area contributed by atoms with Crippen LogP contribution in [-0.2, 0) is 15.0 Å². The molecule has 3 heterocycles. The summed E-state index contributed by atoms with van der Waals surface area (Å²) in [5.41, 5.74) is 0.183. The number of halogens is 2. The van der Waals surface area contributed by atoms with Crippen LogP contribution in [0.1, 0.15) is 69.8 Å². The van der Waals surface area contributed by atoms with Gasteiger partial charge in [-0.2, -0.15) is 0 Å². The maximum absolute atomic E-state index is 13.6. The first kappa shape index (κ1) is 23.4. The van der Waals surface area contributed by atoms with Gasteiger partial charge in [0.05, 0.1) is 5.41 Å². The Labute approximate surface area is 206 Å². The lowest BCUT2D eigenvalue weighted by atomic mass is 9.82. The van der Waals surface area contributed by atoms with Gasteiger partial charge in [-0.05, 0) is 74.7 Å². The molecule has 5 aliphatic rings.